The fourth-order valence-corrected chi connectivity index (χ4v) is 3.38. The summed E-state index contributed by atoms with van der Waals surface area (Å²) in [4.78, 5) is 0. The van der Waals surface area contributed by atoms with Crippen LogP contribution in [0.15, 0.2) is 55.1 Å². The average Bonchev–Trinajstić information content (AvgIpc) is 2.80. The number of hydrogen-bond acceptors (Lipinski definition) is 0. The summed E-state index contributed by atoms with van der Waals surface area (Å²) in [7, 11) is 2.14. The van der Waals surface area contributed by atoms with Crippen LogP contribution < -0.4 is 0 Å². The van der Waals surface area contributed by atoms with Crippen molar-refractivity contribution in [2.45, 2.75) is 6.92 Å². The summed E-state index contributed by atoms with van der Waals surface area (Å²) in [5.41, 5.74) is 5.04. The molecule has 0 unspecified atom stereocenters. The maximum Gasteiger partial charge on any atom is 0.0495 e. The van der Waals surface area contributed by atoms with Gasteiger partial charge in [0.2, 0.25) is 0 Å². The van der Waals surface area contributed by atoms with Gasteiger partial charge < -0.3 is 4.57 Å². The molecule has 0 N–H and O–H groups in total. The van der Waals surface area contributed by atoms with E-state index < -0.39 is 0 Å². The lowest BCUT2D eigenvalue weighted by Crippen LogP contribution is -1.87. The van der Waals surface area contributed by atoms with Gasteiger partial charge >= 0.3 is 0 Å². The van der Waals surface area contributed by atoms with Gasteiger partial charge in [-0.2, -0.15) is 0 Å². The molecule has 1 nitrogen and oxygen atoms in total. The summed E-state index contributed by atoms with van der Waals surface area (Å²) in [5.74, 6) is 0. The number of rotatable bonds is 1. The van der Waals surface area contributed by atoms with Gasteiger partial charge in [-0.15, -0.1) is 0 Å². The Hall–Kier alpha value is -2.54. The molecule has 0 radical (unpaired) electrons. The highest BCUT2D eigenvalue weighted by molar-refractivity contribution is 6.20. The molecule has 4 aromatic rings. The number of fused-ring (bicyclic) bond motifs is 5. The minimum atomic E-state index is 1.21. The van der Waals surface area contributed by atoms with E-state index in [1.807, 2.05) is 6.08 Å². The molecule has 0 aliphatic heterocycles. The highest BCUT2D eigenvalue weighted by atomic mass is 14.9. The van der Waals surface area contributed by atoms with Gasteiger partial charge in [0, 0.05) is 28.9 Å². The molecule has 0 fully saturated rings. The highest BCUT2D eigenvalue weighted by Gasteiger charge is 2.11. The third-order valence-corrected chi connectivity index (χ3v) is 4.50. The van der Waals surface area contributed by atoms with Crippen LogP contribution >= 0.6 is 0 Å². The van der Waals surface area contributed by atoms with E-state index in [4.69, 9.17) is 0 Å². The predicted octanol–water partition coefficient (Wildman–Crippen LogP) is 5.44. The predicted molar refractivity (Wildman–Crippen MR) is 92.8 cm³/mol. The van der Waals surface area contributed by atoms with E-state index in [2.05, 4.69) is 73.6 Å². The number of aryl methyl sites for hydroxylation is 2. The first-order valence-corrected chi connectivity index (χ1v) is 7.23. The Morgan fingerprint density at radius 2 is 1.76 bits per heavy atom. The molecule has 1 heteroatoms. The van der Waals surface area contributed by atoms with Gasteiger partial charge in [-0.25, -0.2) is 0 Å². The van der Waals surface area contributed by atoms with E-state index in [9.17, 15) is 0 Å². The van der Waals surface area contributed by atoms with Crippen LogP contribution in [0.3, 0.4) is 0 Å². The second-order valence-corrected chi connectivity index (χ2v) is 5.67. The van der Waals surface area contributed by atoms with Crippen molar-refractivity contribution in [2.75, 3.05) is 0 Å². The Morgan fingerprint density at radius 1 is 0.952 bits per heavy atom. The fraction of sp³-hybridized carbons (Fsp3) is 0.100. The molecule has 0 aliphatic rings. The van der Waals surface area contributed by atoms with Crippen LogP contribution in [0.5, 0.6) is 0 Å². The Morgan fingerprint density at radius 3 is 2.57 bits per heavy atom. The Balaban J connectivity index is 2.33. The monoisotopic (exact) mass is 271 g/mol. The maximum atomic E-state index is 3.94. The topological polar surface area (TPSA) is 4.93 Å². The zero-order valence-electron chi connectivity index (χ0n) is 12.4. The lowest BCUT2D eigenvalue weighted by atomic mass is 9.98. The zero-order valence-corrected chi connectivity index (χ0v) is 12.4. The van der Waals surface area contributed by atoms with Crippen LogP contribution in [0.1, 0.15) is 11.1 Å². The van der Waals surface area contributed by atoms with Crippen LogP contribution in [-0.2, 0) is 7.05 Å². The summed E-state index contributed by atoms with van der Waals surface area (Å²) in [6.07, 6.45) is 1.94. The van der Waals surface area contributed by atoms with Crippen molar-refractivity contribution in [1.82, 2.24) is 4.57 Å². The molecule has 0 atom stereocenters. The Bertz CT molecular complexity index is 1020. The zero-order chi connectivity index (χ0) is 14.6. The molecule has 0 amide bonds. The molecule has 1 heterocycles. The van der Waals surface area contributed by atoms with Gasteiger partial charge in [0.05, 0.1) is 0 Å². The number of para-hydroxylation sites is 1. The minimum absolute atomic E-state index is 1.21. The number of aromatic nitrogens is 1. The maximum absolute atomic E-state index is 3.94. The largest absolute Gasteiger partial charge is 0.344 e. The molecule has 1 aromatic heterocycles. The Kier molecular flexibility index (Phi) is 2.46. The van der Waals surface area contributed by atoms with Crippen molar-refractivity contribution < 1.29 is 0 Å². The quantitative estimate of drug-likeness (QED) is 0.434. The summed E-state index contributed by atoms with van der Waals surface area (Å²) in [6.45, 7) is 6.08. The van der Waals surface area contributed by atoms with Crippen molar-refractivity contribution in [2.24, 2.45) is 7.05 Å². The van der Waals surface area contributed by atoms with Crippen molar-refractivity contribution in [3.8, 4) is 0 Å². The third-order valence-electron chi connectivity index (χ3n) is 4.50. The normalized spacial score (nSPS) is 11.5. The van der Waals surface area contributed by atoms with E-state index in [-0.39, 0.29) is 0 Å². The van der Waals surface area contributed by atoms with Crippen molar-refractivity contribution in [1.29, 1.82) is 0 Å². The third kappa shape index (κ3) is 1.58. The number of nitrogens with zero attached hydrogens (tertiary/aromatic N) is 1. The molecule has 0 bridgehead atoms. The first-order valence-electron chi connectivity index (χ1n) is 7.23. The second-order valence-electron chi connectivity index (χ2n) is 5.67. The number of hydrogen-bond donors (Lipinski definition) is 0. The van der Waals surface area contributed by atoms with Crippen molar-refractivity contribution in [3.63, 3.8) is 0 Å². The molecule has 21 heavy (non-hydrogen) atoms. The highest BCUT2D eigenvalue weighted by Crippen LogP contribution is 2.35. The first-order chi connectivity index (χ1) is 10.2. The summed E-state index contributed by atoms with van der Waals surface area (Å²) < 4.78 is 2.28. The molecule has 102 valence electrons. The molecule has 0 spiro atoms. The van der Waals surface area contributed by atoms with Crippen LogP contribution in [0.4, 0.5) is 0 Å². The average molecular weight is 271 g/mol. The van der Waals surface area contributed by atoms with E-state index in [1.165, 1.54) is 43.7 Å². The molecule has 0 aliphatic carbocycles. The van der Waals surface area contributed by atoms with Gasteiger partial charge in [0.1, 0.15) is 0 Å². The van der Waals surface area contributed by atoms with Gasteiger partial charge in [-0.1, -0.05) is 43.0 Å². The van der Waals surface area contributed by atoms with Crippen LogP contribution in [0, 0.1) is 6.92 Å². The minimum Gasteiger partial charge on any atom is -0.344 e. The fourth-order valence-electron chi connectivity index (χ4n) is 3.38. The molecular weight excluding hydrogens is 254 g/mol. The lowest BCUT2D eigenvalue weighted by molar-refractivity contribution is 1.01. The van der Waals surface area contributed by atoms with E-state index >= 15 is 0 Å². The molecule has 3 aromatic carbocycles. The van der Waals surface area contributed by atoms with Crippen LogP contribution in [0.25, 0.3) is 38.7 Å². The molecule has 0 saturated carbocycles. The van der Waals surface area contributed by atoms with Crippen LogP contribution in [-0.4, -0.2) is 4.57 Å². The molecular formula is C20H17N. The smallest absolute Gasteiger partial charge is 0.0495 e. The molecule has 4 rings (SSSR count). The van der Waals surface area contributed by atoms with Gasteiger partial charge in [0.15, 0.2) is 0 Å². The van der Waals surface area contributed by atoms with E-state index in [0.717, 1.165) is 0 Å². The lowest BCUT2D eigenvalue weighted by Gasteiger charge is -2.06. The molecule has 0 saturated heterocycles. The van der Waals surface area contributed by atoms with E-state index in [1.54, 1.807) is 0 Å². The van der Waals surface area contributed by atoms with Crippen molar-refractivity contribution >= 4 is 38.7 Å². The second kappa shape index (κ2) is 4.23. The van der Waals surface area contributed by atoms with E-state index in [0.29, 0.717) is 0 Å². The standard InChI is InChI=1S/C20H17N/c1-4-14-12-17-15(11-13(14)2)9-10-19-20(17)16-7-5-6-8-18(16)21(19)3/h4-12H,1H2,2-3H3. The summed E-state index contributed by atoms with van der Waals surface area (Å²) >= 11 is 0. The van der Waals surface area contributed by atoms with Gasteiger partial charge in [-0.05, 0) is 47.0 Å². The van der Waals surface area contributed by atoms with Crippen molar-refractivity contribution in [3.05, 3.63) is 66.2 Å². The van der Waals surface area contributed by atoms with Crippen LogP contribution in [0.2, 0.25) is 0 Å². The Labute approximate surface area is 124 Å². The SMILES string of the molecule is C=Cc1cc2c(ccc3c2c2ccccc2n3C)cc1C. The summed E-state index contributed by atoms with van der Waals surface area (Å²) in [5, 5.41) is 5.26. The van der Waals surface area contributed by atoms with Gasteiger partial charge in [-0.3, -0.25) is 0 Å². The first kappa shape index (κ1) is 12.2. The summed E-state index contributed by atoms with van der Waals surface area (Å²) in [6, 6.07) is 17.6. The van der Waals surface area contributed by atoms with Gasteiger partial charge in [0.25, 0.3) is 0 Å². The number of benzene rings is 3.